The second-order valence-electron chi connectivity index (χ2n) is 7.15. The van der Waals surface area contributed by atoms with Crippen LogP contribution in [0, 0.1) is 12.8 Å². The number of hydrogen-bond donors (Lipinski definition) is 0. The van der Waals surface area contributed by atoms with E-state index in [4.69, 9.17) is 5.10 Å². The van der Waals surface area contributed by atoms with Gasteiger partial charge in [0.2, 0.25) is 0 Å². The summed E-state index contributed by atoms with van der Waals surface area (Å²) in [5.74, 6) is 2.81. The van der Waals surface area contributed by atoms with E-state index in [1.54, 1.807) is 0 Å². The van der Waals surface area contributed by atoms with Gasteiger partial charge in [-0.2, -0.15) is 4.52 Å². The maximum atomic E-state index is 4.70. The van der Waals surface area contributed by atoms with Gasteiger partial charge in [0.15, 0.2) is 11.5 Å². The van der Waals surface area contributed by atoms with Crippen molar-refractivity contribution in [3.8, 4) is 0 Å². The van der Waals surface area contributed by atoms with Crippen molar-refractivity contribution in [2.75, 3.05) is 31.1 Å². The van der Waals surface area contributed by atoms with Crippen molar-refractivity contribution in [3.63, 3.8) is 0 Å². The highest BCUT2D eigenvalue weighted by Crippen LogP contribution is 2.28. The van der Waals surface area contributed by atoms with Crippen molar-refractivity contribution >= 4 is 11.5 Å². The van der Waals surface area contributed by atoms with Gasteiger partial charge in [0, 0.05) is 32.2 Å². The summed E-state index contributed by atoms with van der Waals surface area (Å²) < 4.78 is 1.84. The van der Waals surface area contributed by atoms with E-state index < -0.39 is 0 Å². The molecule has 1 aliphatic carbocycles. The van der Waals surface area contributed by atoms with Crippen LogP contribution in [0.5, 0.6) is 0 Å². The molecule has 0 amide bonds. The average molecular weight is 314 g/mol. The first-order chi connectivity index (χ1) is 11.2. The average Bonchev–Trinajstić information content (AvgIpc) is 2.96. The second-order valence-corrected chi connectivity index (χ2v) is 7.15. The van der Waals surface area contributed by atoms with Crippen LogP contribution in [0.3, 0.4) is 0 Å². The molecule has 2 aromatic heterocycles. The van der Waals surface area contributed by atoms with E-state index in [2.05, 4.69) is 33.0 Å². The highest BCUT2D eigenvalue weighted by molar-refractivity contribution is 5.46. The van der Waals surface area contributed by atoms with Gasteiger partial charge in [0.05, 0.1) is 0 Å². The number of nitrogens with zero attached hydrogens (tertiary/aromatic N) is 6. The van der Waals surface area contributed by atoms with Crippen LogP contribution in [-0.4, -0.2) is 56.9 Å². The molecule has 3 heterocycles. The summed E-state index contributed by atoms with van der Waals surface area (Å²) in [7, 11) is 0. The fraction of sp³-hybridized carbons (Fsp3) is 0.706. The van der Waals surface area contributed by atoms with Crippen LogP contribution in [0.2, 0.25) is 0 Å². The number of piperazine rings is 1. The van der Waals surface area contributed by atoms with Crippen LogP contribution < -0.4 is 4.90 Å². The summed E-state index contributed by atoms with van der Waals surface area (Å²) in [6.07, 6.45) is 5.56. The number of anilines is 1. The Morgan fingerprint density at radius 3 is 2.43 bits per heavy atom. The maximum absolute atomic E-state index is 4.70. The summed E-state index contributed by atoms with van der Waals surface area (Å²) in [6.45, 7) is 8.76. The van der Waals surface area contributed by atoms with Crippen molar-refractivity contribution in [1.82, 2.24) is 24.7 Å². The minimum Gasteiger partial charge on any atom is -0.353 e. The molecule has 4 rings (SSSR count). The summed E-state index contributed by atoms with van der Waals surface area (Å²) in [5.41, 5.74) is 0.821. The topological polar surface area (TPSA) is 49.6 Å². The molecule has 23 heavy (non-hydrogen) atoms. The van der Waals surface area contributed by atoms with Crippen LogP contribution in [0.25, 0.3) is 5.65 Å². The lowest BCUT2D eigenvalue weighted by Crippen LogP contribution is -2.51. The molecule has 2 fully saturated rings. The lowest BCUT2D eigenvalue weighted by atomic mass is 9.86. The fourth-order valence-electron chi connectivity index (χ4n) is 3.98. The van der Waals surface area contributed by atoms with E-state index in [1.807, 2.05) is 17.5 Å². The van der Waals surface area contributed by atoms with E-state index in [9.17, 15) is 0 Å². The zero-order valence-corrected chi connectivity index (χ0v) is 14.1. The Balaban J connectivity index is 1.41. The maximum Gasteiger partial charge on any atom is 0.178 e. The lowest BCUT2D eigenvalue weighted by Gasteiger charge is -2.41. The van der Waals surface area contributed by atoms with Gasteiger partial charge in [-0.15, -0.1) is 15.3 Å². The number of fused-ring (bicyclic) bond motifs is 1. The van der Waals surface area contributed by atoms with Gasteiger partial charge in [-0.1, -0.05) is 6.92 Å². The van der Waals surface area contributed by atoms with Crippen LogP contribution in [0.4, 0.5) is 5.82 Å². The second kappa shape index (κ2) is 6.07. The first kappa shape index (κ1) is 14.9. The summed E-state index contributed by atoms with van der Waals surface area (Å²) >= 11 is 0. The van der Waals surface area contributed by atoms with Gasteiger partial charge >= 0.3 is 0 Å². The van der Waals surface area contributed by atoms with Crippen LogP contribution in [0.1, 0.15) is 38.4 Å². The molecule has 1 aliphatic heterocycles. The highest BCUT2D eigenvalue weighted by atomic mass is 15.4. The molecular weight excluding hydrogens is 288 g/mol. The van der Waals surface area contributed by atoms with Crippen molar-refractivity contribution in [3.05, 3.63) is 18.0 Å². The van der Waals surface area contributed by atoms with Crippen molar-refractivity contribution in [2.45, 2.75) is 45.6 Å². The van der Waals surface area contributed by atoms with Crippen molar-refractivity contribution in [2.24, 2.45) is 5.92 Å². The standard InChI is InChI=1S/C17H26N6/c1-13-3-5-15(6-4-13)21-9-11-22(12-10-21)17-8-7-16-19-18-14(2)23(16)20-17/h7-8,13,15H,3-6,9-12H2,1-2H3. The molecule has 2 aromatic rings. The Morgan fingerprint density at radius 2 is 1.70 bits per heavy atom. The van der Waals surface area contributed by atoms with Gasteiger partial charge in [0.25, 0.3) is 0 Å². The van der Waals surface area contributed by atoms with E-state index in [0.717, 1.165) is 55.4 Å². The Kier molecular flexibility index (Phi) is 3.93. The zero-order valence-electron chi connectivity index (χ0n) is 14.1. The molecule has 6 heteroatoms. The van der Waals surface area contributed by atoms with E-state index in [0.29, 0.717) is 0 Å². The summed E-state index contributed by atoms with van der Waals surface area (Å²) in [4.78, 5) is 5.09. The number of aromatic nitrogens is 4. The molecule has 0 unspecified atom stereocenters. The van der Waals surface area contributed by atoms with Gasteiger partial charge in [-0.25, -0.2) is 0 Å². The zero-order chi connectivity index (χ0) is 15.8. The van der Waals surface area contributed by atoms with Gasteiger partial charge < -0.3 is 4.90 Å². The molecule has 1 saturated heterocycles. The van der Waals surface area contributed by atoms with Gasteiger partial charge in [0.1, 0.15) is 5.82 Å². The van der Waals surface area contributed by atoms with Crippen LogP contribution >= 0.6 is 0 Å². The fourth-order valence-corrected chi connectivity index (χ4v) is 3.98. The first-order valence-corrected chi connectivity index (χ1v) is 8.89. The monoisotopic (exact) mass is 314 g/mol. The number of rotatable bonds is 2. The Bertz CT molecular complexity index is 665. The van der Waals surface area contributed by atoms with Gasteiger partial charge in [-0.3, -0.25) is 4.90 Å². The molecular formula is C17H26N6. The SMILES string of the molecule is Cc1nnc2ccc(N3CCN(C4CCC(C)CC4)CC3)nn12. The predicted molar refractivity (Wildman–Crippen MR) is 90.7 cm³/mol. The van der Waals surface area contributed by atoms with Crippen molar-refractivity contribution in [1.29, 1.82) is 0 Å². The van der Waals surface area contributed by atoms with E-state index in [1.165, 1.54) is 25.7 Å². The molecule has 0 atom stereocenters. The predicted octanol–water partition coefficient (Wildman–Crippen LogP) is 2.13. The summed E-state index contributed by atoms with van der Waals surface area (Å²) in [5, 5.41) is 12.9. The Hall–Kier alpha value is -1.69. The quantitative estimate of drug-likeness (QED) is 0.850. The third-order valence-electron chi connectivity index (χ3n) is 5.54. The third kappa shape index (κ3) is 2.92. The molecule has 0 spiro atoms. The van der Waals surface area contributed by atoms with E-state index >= 15 is 0 Å². The Labute approximate surface area is 137 Å². The van der Waals surface area contributed by atoms with Gasteiger partial charge in [-0.05, 0) is 50.7 Å². The molecule has 0 aromatic carbocycles. The molecule has 2 aliphatic rings. The molecule has 0 radical (unpaired) electrons. The van der Waals surface area contributed by atoms with Crippen LogP contribution in [0.15, 0.2) is 12.1 Å². The highest BCUT2D eigenvalue weighted by Gasteiger charge is 2.27. The van der Waals surface area contributed by atoms with Crippen LogP contribution in [-0.2, 0) is 0 Å². The Morgan fingerprint density at radius 1 is 0.957 bits per heavy atom. The molecule has 0 N–H and O–H groups in total. The molecule has 124 valence electrons. The molecule has 0 bridgehead atoms. The minimum atomic E-state index is 0.809. The minimum absolute atomic E-state index is 0.809. The summed E-state index contributed by atoms with van der Waals surface area (Å²) in [6, 6.07) is 4.89. The normalized spacial score (nSPS) is 26.8. The molecule has 6 nitrogen and oxygen atoms in total. The largest absolute Gasteiger partial charge is 0.353 e. The molecule has 1 saturated carbocycles. The number of aryl methyl sites for hydroxylation is 1. The van der Waals surface area contributed by atoms with E-state index in [-0.39, 0.29) is 0 Å². The smallest absolute Gasteiger partial charge is 0.178 e. The first-order valence-electron chi connectivity index (χ1n) is 8.89. The third-order valence-corrected chi connectivity index (χ3v) is 5.54. The lowest BCUT2D eigenvalue weighted by molar-refractivity contribution is 0.132. The van der Waals surface area contributed by atoms with Crippen molar-refractivity contribution < 1.29 is 0 Å². The number of hydrogen-bond acceptors (Lipinski definition) is 5.